The van der Waals surface area contributed by atoms with Gasteiger partial charge in [-0.25, -0.2) is 5.43 Å². The lowest BCUT2D eigenvalue weighted by Crippen LogP contribution is -2.21. The molecule has 3 rings (SSSR count). The van der Waals surface area contributed by atoms with Crippen LogP contribution in [-0.2, 0) is 16.8 Å². The molecule has 31 heavy (non-hydrogen) atoms. The number of nitrogens with one attached hydrogen (secondary N) is 1. The Balaban J connectivity index is 1.65. The molecule has 0 unspecified atom stereocenters. The van der Waals surface area contributed by atoms with Crippen molar-refractivity contribution < 1.29 is 4.79 Å². The minimum absolute atomic E-state index is 0.101. The van der Waals surface area contributed by atoms with Gasteiger partial charge < -0.3 is 4.57 Å². The van der Waals surface area contributed by atoms with Gasteiger partial charge in [0.2, 0.25) is 0 Å². The quantitative estimate of drug-likeness (QED) is 0.339. The van der Waals surface area contributed by atoms with Gasteiger partial charge in [0.1, 0.15) is 0 Å². The van der Waals surface area contributed by atoms with E-state index in [0.29, 0.717) is 11.7 Å². The van der Waals surface area contributed by atoms with Crippen molar-refractivity contribution in [3.8, 4) is 11.4 Å². The molecule has 0 bridgehead atoms. The van der Waals surface area contributed by atoms with Crippen LogP contribution >= 0.6 is 11.8 Å². The summed E-state index contributed by atoms with van der Waals surface area (Å²) in [5.74, 6) is 0.811. The molecule has 0 aliphatic rings. The second-order valence-corrected chi connectivity index (χ2v) is 9.08. The number of carbonyl (C=O) groups excluding carboxylic acids is 1. The lowest BCUT2D eigenvalue weighted by atomic mass is 9.87. The summed E-state index contributed by atoms with van der Waals surface area (Å²) in [7, 11) is 0. The van der Waals surface area contributed by atoms with Crippen molar-refractivity contribution in [2.75, 3.05) is 5.75 Å². The number of hydrogen-bond donors (Lipinski definition) is 1. The van der Waals surface area contributed by atoms with E-state index < -0.39 is 0 Å². The van der Waals surface area contributed by atoms with Gasteiger partial charge in [0.05, 0.1) is 11.5 Å². The number of hydrazone groups is 1. The molecule has 2 heterocycles. The normalized spacial score (nSPS) is 12.1. The largest absolute Gasteiger partial charge is 0.302 e. The van der Waals surface area contributed by atoms with Gasteiger partial charge in [-0.15, -0.1) is 10.2 Å². The average molecular weight is 437 g/mol. The highest BCUT2D eigenvalue weighted by molar-refractivity contribution is 7.99. The van der Waals surface area contributed by atoms with E-state index in [2.05, 4.69) is 70.7 Å². The molecule has 8 heteroatoms. The highest BCUT2D eigenvalue weighted by atomic mass is 32.2. The second-order valence-electron chi connectivity index (χ2n) is 8.13. The Hall–Kier alpha value is -3.00. The first-order valence-electron chi connectivity index (χ1n) is 10.2. The number of nitrogens with zero attached hydrogens (tertiary/aromatic N) is 5. The first-order valence-corrected chi connectivity index (χ1v) is 11.2. The summed E-state index contributed by atoms with van der Waals surface area (Å²) in [5.41, 5.74) is 6.61. The van der Waals surface area contributed by atoms with Gasteiger partial charge in [0.15, 0.2) is 11.0 Å². The van der Waals surface area contributed by atoms with Gasteiger partial charge in [-0.1, -0.05) is 56.8 Å². The minimum atomic E-state index is -0.194. The average Bonchev–Trinajstić information content (AvgIpc) is 3.19. The van der Waals surface area contributed by atoms with Crippen LogP contribution in [0.4, 0.5) is 0 Å². The minimum Gasteiger partial charge on any atom is -0.302 e. The number of carbonyl (C=O) groups is 1. The summed E-state index contributed by atoms with van der Waals surface area (Å²) in [4.78, 5) is 16.2. The van der Waals surface area contributed by atoms with E-state index >= 15 is 0 Å². The topological polar surface area (TPSA) is 85.1 Å². The third-order valence-electron chi connectivity index (χ3n) is 4.82. The van der Waals surface area contributed by atoms with Crippen molar-refractivity contribution in [3.05, 3.63) is 59.9 Å². The molecule has 0 aliphatic carbocycles. The van der Waals surface area contributed by atoms with Gasteiger partial charge in [-0.3, -0.25) is 9.78 Å². The lowest BCUT2D eigenvalue weighted by Gasteiger charge is -2.19. The third kappa shape index (κ3) is 5.79. The van der Waals surface area contributed by atoms with E-state index in [0.717, 1.165) is 22.7 Å². The van der Waals surface area contributed by atoms with Gasteiger partial charge in [0, 0.05) is 30.1 Å². The maximum absolute atomic E-state index is 12.3. The molecule has 7 nitrogen and oxygen atoms in total. The summed E-state index contributed by atoms with van der Waals surface area (Å²) in [6.07, 6.45) is 3.38. The number of thioether (sulfide) groups is 1. The summed E-state index contributed by atoms with van der Waals surface area (Å²) < 4.78 is 2.02. The standard InChI is InChI=1S/C23H28N6OS/c1-6-29-21(18-7-9-19(10-8-18)23(3,4)5)27-28-22(29)31-15-20(30)26-25-16(2)17-11-13-24-14-12-17/h7-14H,6,15H2,1-5H3,(H,26,30). The smallest absolute Gasteiger partial charge is 0.250 e. The predicted octanol–water partition coefficient (Wildman–Crippen LogP) is 4.29. The van der Waals surface area contributed by atoms with Crippen molar-refractivity contribution >= 4 is 23.4 Å². The van der Waals surface area contributed by atoms with Gasteiger partial charge >= 0.3 is 0 Å². The Kier molecular flexibility index (Phi) is 7.22. The van der Waals surface area contributed by atoms with E-state index in [1.807, 2.05) is 30.5 Å². The molecule has 162 valence electrons. The third-order valence-corrected chi connectivity index (χ3v) is 5.79. The van der Waals surface area contributed by atoms with Crippen LogP contribution in [0.1, 0.15) is 45.7 Å². The molecule has 3 aromatic rings. The van der Waals surface area contributed by atoms with Crippen molar-refractivity contribution in [3.63, 3.8) is 0 Å². The number of amides is 1. The molecule has 2 aromatic heterocycles. The predicted molar refractivity (Wildman–Crippen MR) is 125 cm³/mol. The molecule has 0 radical (unpaired) electrons. The van der Waals surface area contributed by atoms with Gasteiger partial charge in [0.25, 0.3) is 5.91 Å². The molecule has 1 aromatic carbocycles. The van der Waals surface area contributed by atoms with Crippen LogP contribution in [0, 0.1) is 0 Å². The Labute approximate surface area is 187 Å². The first kappa shape index (κ1) is 22.7. The van der Waals surface area contributed by atoms with Crippen molar-refractivity contribution in [1.29, 1.82) is 0 Å². The second kappa shape index (κ2) is 9.87. The fraction of sp³-hybridized carbons (Fsp3) is 0.348. The number of hydrogen-bond acceptors (Lipinski definition) is 6. The molecular formula is C23H28N6OS. The molecule has 0 saturated heterocycles. The van der Waals surface area contributed by atoms with Crippen LogP contribution in [0.25, 0.3) is 11.4 Å². The van der Waals surface area contributed by atoms with Crippen LogP contribution in [0.3, 0.4) is 0 Å². The van der Waals surface area contributed by atoms with Gasteiger partial charge in [-0.05, 0) is 37.0 Å². The maximum atomic E-state index is 12.3. The molecule has 0 aliphatic heterocycles. The summed E-state index contributed by atoms with van der Waals surface area (Å²) in [6.45, 7) is 11.2. The highest BCUT2D eigenvalue weighted by Gasteiger charge is 2.17. The van der Waals surface area contributed by atoms with Crippen LogP contribution in [0.15, 0.2) is 59.0 Å². The van der Waals surface area contributed by atoms with E-state index in [1.165, 1.54) is 17.3 Å². The summed E-state index contributed by atoms with van der Waals surface area (Å²) >= 11 is 1.35. The van der Waals surface area contributed by atoms with E-state index in [9.17, 15) is 4.79 Å². The maximum Gasteiger partial charge on any atom is 0.250 e. The summed E-state index contributed by atoms with van der Waals surface area (Å²) in [5, 5.41) is 13.5. The number of pyridine rings is 1. The number of rotatable bonds is 7. The molecule has 0 atom stereocenters. The Bertz CT molecular complexity index is 1050. The molecular weight excluding hydrogens is 408 g/mol. The Morgan fingerprint density at radius 3 is 2.39 bits per heavy atom. The zero-order chi connectivity index (χ0) is 22.4. The van der Waals surface area contributed by atoms with Crippen LogP contribution in [-0.4, -0.2) is 37.1 Å². The molecule has 0 saturated carbocycles. The van der Waals surface area contributed by atoms with E-state index in [-0.39, 0.29) is 17.1 Å². The van der Waals surface area contributed by atoms with Crippen molar-refractivity contribution in [2.45, 2.75) is 51.7 Å². The van der Waals surface area contributed by atoms with Crippen LogP contribution in [0.5, 0.6) is 0 Å². The molecule has 0 spiro atoms. The fourth-order valence-electron chi connectivity index (χ4n) is 2.98. The Morgan fingerprint density at radius 2 is 1.77 bits per heavy atom. The number of aromatic nitrogens is 4. The SMILES string of the molecule is CCn1c(SCC(=O)NN=C(C)c2ccncc2)nnc1-c1ccc(C(C)(C)C)cc1. The monoisotopic (exact) mass is 436 g/mol. The molecule has 1 N–H and O–H groups in total. The fourth-order valence-corrected chi connectivity index (χ4v) is 3.77. The molecule has 0 fully saturated rings. The zero-order valence-electron chi connectivity index (χ0n) is 18.6. The molecule has 1 amide bonds. The van der Waals surface area contributed by atoms with Crippen LogP contribution < -0.4 is 5.43 Å². The van der Waals surface area contributed by atoms with Crippen molar-refractivity contribution in [2.24, 2.45) is 5.10 Å². The van der Waals surface area contributed by atoms with Crippen LogP contribution in [0.2, 0.25) is 0 Å². The summed E-state index contributed by atoms with van der Waals surface area (Å²) in [6, 6.07) is 12.1. The zero-order valence-corrected chi connectivity index (χ0v) is 19.4. The van der Waals surface area contributed by atoms with Gasteiger partial charge in [-0.2, -0.15) is 5.10 Å². The first-order chi connectivity index (χ1) is 14.8. The highest BCUT2D eigenvalue weighted by Crippen LogP contribution is 2.27. The van der Waals surface area contributed by atoms with Crippen molar-refractivity contribution in [1.82, 2.24) is 25.2 Å². The number of benzene rings is 1. The Morgan fingerprint density at radius 1 is 1.10 bits per heavy atom. The van der Waals surface area contributed by atoms with E-state index in [4.69, 9.17) is 0 Å². The lowest BCUT2D eigenvalue weighted by molar-refractivity contribution is -0.118. The van der Waals surface area contributed by atoms with E-state index in [1.54, 1.807) is 12.4 Å².